The van der Waals surface area contributed by atoms with Crippen LogP contribution in [0.2, 0.25) is 0 Å². The molecule has 1 aliphatic rings. The van der Waals surface area contributed by atoms with Crippen molar-refractivity contribution in [2.24, 2.45) is 0 Å². The van der Waals surface area contributed by atoms with E-state index in [4.69, 9.17) is 9.47 Å². The highest BCUT2D eigenvalue weighted by Gasteiger charge is 2.21. The molecular formula is C13H19NO2. The Morgan fingerprint density at radius 1 is 1.25 bits per heavy atom. The normalized spacial score (nSPS) is 21.8. The number of benzene rings is 1. The van der Waals surface area contributed by atoms with Crippen LogP contribution in [0.15, 0.2) is 24.3 Å². The third-order valence-electron chi connectivity index (χ3n) is 3.05. The number of hydrogen-bond acceptors (Lipinski definition) is 3. The smallest absolute Gasteiger partial charge is 0.120 e. The summed E-state index contributed by atoms with van der Waals surface area (Å²) >= 11 is 0. The summed E-state index contributed by atoms with van der Waals surface area (Å²) in [4.78, 5) is 0. The van der Waals surface area contributed by atoms with Crippen molar-refractivity contribution in [1.29, 1.82) is 0 Å². The standard InChI is InChI=1S/C13H19NO2/c1-10(13-4-3-9-14-13)16-12-7-5-11(15-2)6-8-12/h5-8,10,13-14H,3-4,9H2,1-2H3. The van der Waals surface area contributed by atoms with Crippen molar-refractivity contribution < 1.29 is 9.47 Å². The van der Waals surface area contributed by atoms with E-state index >= 15 is 0 Å². The maximum absolute atomic E-state index is 5.88. The second kappa shape index (κ2) is 5.21. The molecule has 0 amide bonds. The van der Waals surface area contributed by atoms with Crippen LogP contribution in [0, 0.1) is 0 Å². The summed E-state index contributed by atoms with van der Waals surface area (Å²) in [7, 11) is 1.67. The zero-order valence-electron chi connectivity index (χ0n) is 9.90. The minimum Gasteiger partial charge on any atom is -0.497 e. The van der Waals surface area contributed by atoms with Gasteiger partial charge in [-0.05, 0) is 50.6 Å². The first-order valence-corrected chi connectivity index (χ1v) is 5.83. The lowest BCUT2D eigenvalue weighted by Gasteiger charge is -2.21. The first-order valence-electron chi connectivity index (χ1n) is 5.83. The number of nitrogens with one attached hydrogen (secondary N) is 1. The summed E-state index contributed by atoms with van der Waals surface area (Å²) < 4.78 is 11.0. The van der Waals surface area contributed by atoms with Gasteiger partial charge in [-0.1, -0.05) is 0 Å². The molecule has 0 aliphatic carbocycles. The Balaban J connectivity index is 1.92. The van der Waals surface area contributed by atoms with E-state index in [-0.39, 0.29) is 6.10 Å². The lowest BCUT2D eigenvalue weighted by atomic mass is 10.1. The Labute approximate surface area is 96.8 Å². The topological polar surface area (TPSA) is 30.5 Å². The van der Waals surface area contributed by atoms with Gasteiger partial charge in [0.2, 0.25) is 0 Å². The van der Waals surface area contributed by atoms with Gasteiger partial charge in [0.25, 0.3) is 0 Å². The highest BCUT2D eigenvalue weighted by Crippen LogP contribution is 2.20. The Morgan fingerprint density at radius 2 is 1.94 bits per heavy atom. The van der Waals surface area contributed by atoms with Gasteiger partial charge in [-0.25, -0.2) is 0 Å². The Bertz CT molecular complexity index is 317. The average Bonchev–Trinajstić information content (AvgIpc) is 2.83. The molecule has 1 N–H and O–H groups in total. The maximum atomic E-state index is 5.88. The van der Waals surface area contributed by atoms with Crippen LogP contribution >= 0.6 is 0 Å². The van der Waals surface area contributed by atoms with Crippen LogP contribution in [0.3, 0.4) is 0 Å². The lowest BCUT2D eigenvalue weighted by molar-refractivity contribution is 0.179. The molecule has 1 fully saturated rings. The van der Waals surface area contributed by atoms with E-state index in [1.807, 2.05) is 24.3 Å². The largest absolute Gasteiger partial charge is 0.497 e. The van der Waals surface area contributed by atoms with Crippen molar-refractivity contribution in [3.8, 4) is 11.5 Å². The van der Waals surface area contributed by atoms with E-state index in [0.717, 1.165) is 18.0 Å². The molecule has 1 aliphatic heterocycles. The van der Waals surface area contributed by atoms with Gasteiger partial charge in [-0.2, -0.15) is 0 Å². The predicted molar refractivity (Wildman–Crippen MR) is 64.1 cm³/mol. The van der Waals surface area contributed by atoms with E-state index in [1.165, 1.54) is 12.8 Å². The molecule has 88 valence electrons. The van der Waals surface area contributed by atoms with Crippen molar-refractivity contribution in [1.82, 2.24) is 5.32 Å². The third kappa shape index (κ3) is 2.67. The zero-order chi connectivity index (χ0) is 11.4. The van der Waals surface area contributed by atoms with Crippen molar-refractivity contribution >= 4 is 0 Å². The molecule has 1 aromatic carbocycles. The molecular weight excluding hydrogens is 202 g/mol. The summed E-state index contributed by atoms with van der Waals surface area (Å²) in [5, 5.41) is 3.45. The highest BCUT2D eigenvalue weighted by atomic mass is 16.5. The van der Waals surface area contributed by atoms with Gasteiger partial charge in [-0.3, -0.25) is 0 Å². The van der Waals surface area contributed by atoms with E-state index in [0.29, 0.717) is 6.04 Å². The lowest BCUT2D eigenvalue weighted by Crippen LogP contribution is -2.36. The molecule has 0 saturated carbocycles. The molecule has 1 aromatic rings. The Morgan fingerprint density at radius 3 is 2.50 bits per heavy atom. The molecule has 2 rings (SSSR count). The average molecular weight is 221 g/mol. The SMILES string of the molecule is COc1ccc(OC(C)C2CCCN2)cc1. The quantitative estimate of drug-likeness (QED) is 0.845. The summed E-state index contributed by atoms with van der Waals surface area (Å²) in [6.07, 6.45) is 2.68. The van der Waals surface area contributed by atoms with Crippen LogP contribution in [-0.4, -0.2) is 25.8 Å². The number of methoxy groups -OCH3 is 1. The fourth-order valence-electron chi connectivity index (χ4n) is 2.06. The van der Waals surface area contributed by atoms with Crippen LogP contribution in [0.4, 0.5) is 0 Å². The van der Waals surface area contributed by atoms with Crippen molar-refractivity contribution in [3.63, 3.8) is 0 Å². The predicted octanol–water partition coefficient (Wildman–Crippen LogP) is 2.21. The van der Waals surface area contributed by atoms with Gasteiger partial charge >= 0.3 is 0 Å². The van der Waals surface area contributed by atoms with Crippen molar-refractivity contribution in [2.45, 2.75) is 31.9 Å². The van der Waals surface area contributed by atoms with Crippen LogP contribution in [0.5, 0.6) is 11.5 Å². The Kier molecular flexibility index (Phi) is 3.67. The first-order chi connectivity index (χ1) is 7.79. The molecule has 0 aromatic heterocycles. The van der Waals surface area contributed by atoms with Gasteiger partial charge in [0.1, 0.15) is 17.6 Å². The van der Waals surface area contributed by atoms with E-state index in [9.17, 15) is 0 Å². The van der Waals surface area contributed by atoms with E-state index in [2.05, 4.69) is 12.2 Å². The molecule has 16 heavy (non-hydrogen) atoms. The summed E-state index contributed by atoms with van der Waals surface area (Å²) in [5.74, 6) is 1.76. The van der Waals surface area contributed by atoms with Crippen LogP contribution in [-0.2, 0) is 0 Å². The molecule has 1 saturated heterocycles. The first kappa shape index (κ1) is 11.3. The molecule has 0 spiro atoms. The number of ether oxygens (including phenoxy) is 2. The summed E-state index contributed by atoms with van der Waals surface area (Å²) in [6.45, 7) is 3.23. The molecule has 2 unspecified atom stereocenters. The summed E-state index contributed by atoms with van der Waals surface area (Å²) in [6, 6.07) is 8.23. The molecule has 3 nitrogen and oxygen atoms in total. The highest BCUT2D eigenvalue weighted by molar-refractivity contribution is 5.31. The van der Waals surface area contributed by atoms with Gasteiger partial charge in [0, 0.05) is 6.04 Å². The number of rotatable bonds is 4. The van der Waals surface area contributed by atoms with Crippen molar-refractivity contribution in [3.05, 3.63) is 24.3 Å². The fourth-order valence-corrected chi connectivity index (χ4v) is 2.06. The van der Waals surface area contributed by atoms with Crippen molar-refractivity contribution in [2.75, 3.05) is 13.7 Å². The molecule has 3 heteroatoms. The molecule has 1 heterocycles. The van der Waals surface area contributed by atoms with Gasteiger partial charge in [0.05, 0.1) is 7.11 Å². The van der Waals surface area contributed by atoms with E-state index in [1.54, 1.807) is 7.11 Å². The number of hydrogen-bond donors (Lipinski definition) is 1. The molecule has 2 atom stereocenters. The molecule has 0 radical (unpaired) electrons. The third-order valence-corrected chi connectivity index (χ3v) is 3.05. The van der Waals surface area contributed by atoms with Crippen LogP contribution < -0.4 is 14.8 Å². The van der Waals surface area contributed by atoms with Gasteiger partial charge < -0.3 is 14.8 Å². The zero-order valence-corrected chi connectivity index (χ0v) is 9.90. The van der Waals surface area contributed by atoms with Crippen LogP contribution in [0.1, 0.15) is 19.8 Å². The monoisotopic (exact) mass is 221 g/mol. The fraction of sp³-hybridized carbons (Fsp3) is 0.538. The molecule has 0 bridgehead atoms. The van der Waals surface area contributed by atoms with Gasteiger partial charge in [-0.15, -0.1) is 0 Å². The Hall–Kier alpha value is -1.22. The van der Waals surface area contributed by atoms with Gasteiger partial charge in [0.15, 0.2) is 0 Å². The van der Waals surface area contributed by atoms with Crippen LogP contribution in [0.25, 0.3) is 0 Å². The minimum atomic E-state index is 0.218. The summed E-state index contributed by atoms with van der Waals surface area (Å²) in [5.41, 5.74) is 0. The maximum Gasteiger partial charge on any atom is 0.120 e. The second-order valence-electron chi connectivity index (χ2n) is 4.20. The second-order valence-corrected chi connectivity index (χ2v) is 4.20. The minimum absolute atomic E-state index is 0.218. The van der Waals surface area contributed by atoms with E-state index < -0.39 is 0 Å².